The topological polar surface area (TPSA) is 75.6 Å². The Hall–Kier alpha value is -2.14. The van der Waals surface area contributed by atoms with E-state index in [4.69, 9.17) is 9.84 Å². The lowest BCUT2D eigenvalue weighted by molar-refractivity contribution is -0.143. The van der Waals surface area contributed by atoms with Crippen LogP contribution in [0.1, 0.15) is 18.4 Å². The normalized spacial score (nSPS) is 11.6. The molecule has 20 heavy (non-hydrogen) atoms. The van der Waals surface area contributed by atoms with E-state index in [1.807, 2.05) is 30.3 Å². The minimum absolute atomic E-state index is 0.0654. The molecule has 0 bridgehead atoms. The summed E-state index contributed by atoms with van der Waals surface area (Å²) in [5.41, 5.74) is 0.953. The molecule has 0 heterocycles. The van der Waals surface area contributed by atoms with Crippen LogP contribution in [0, 0.1) is 0 Å². The van der Waals surface area contributed by atoms with Gasteiger partial charge in [-0.25, -0.2) is 4.79 Å². The first-order chi connectivity index (χ1) is 9.63. The van der Waals surface area contributed by atoms with Crippen molar-refractivity contribution in [1.82, 2.24) is 5.32 Å². The molecule has 5 nitrogen and oxygen atoms in total. The molecule has 1 aromatic carbocycles. The predicted octanol–water partition coefficient (Wildman–Crippen LogP) is 1.74. The Morgan fingerprint density at radius 2 is 2.05 bits per heavy atom. The molecule has 1 rings (SSSR count). The fourth-order valence-corrected chi connectivity index (χ4v) is 1.54. The van der Waals surface area contributed by atoms with Gasteiger partial charge in [0.05, 0.1) is 13.2 Å². The lowest BCUT2D eigenvalue weighted by Gasteiger charge is -2.14. The van der Waals surface area contributed by atoms with E-state index in [1.165, 1.54) is 0 Å². The van der Waals surface area contributed by atoms with Crippen LogP contribution < -0.4 is 5.32 Å². The van der Waals surface area contributed by atoms with Crippen LogP contribution in [0.15, 0.2) is 43.0 Å². The molecule has 1 atom stereocenters. The van der Waals surface area contributed by atoms with Gasteiger partial charge in [0.2, 0.25) is 5.91 Å². The summed E-state index contributed by atoms with van der Waals surface area (Å²) in [5.74, 6) is -1.43. The number of carboxylic acid groups (broad SMARTS) is 1. The predicted molar refractivity (Wildman–Crippen MR) is 75.1 cm³/mol. The first-order valence-electron chi connectivity index (χ1n) is 6.38. The monoisotopic (exact) mass is 277 g/mol. The van der Waals surface area contributed by atoms with Crippen LogP contribution in [0.4, 0.5) is 0 Å². The lowest BCUT2D eigenvalue weighted by atomic mass is 10.2. The zero-order valence-electron chi connectivity index (χ0n) is 11.2. The van der Waals surface area contributed by atoms with E-state index < -0.39 is 12.0 Å². The van der Waals surface area contributed by atoms with E-state index in [0.29, 0.717) is 13.0 Å². The van der Waals surface area contributed by atoms with Gasteiger partial charge in [-0.15, -0.1) is 6.58 Å². The van der Waals surface area contributed by atoms with Gasteiger partial charge in [-0.3, -0.25) is 4.79 Å². The quantitative estimate of drug-likeness (QED) is 0.674. The molecular formula is C15H19NO4. The molecule has 0 radical (unpaired) electrons. The van der Waals surface area contributed by atoms with Crippen LogP contribution in [-0.2, 0) is 20.9 Å². The highest BCUT2D eigenvalue weighted by atomic mass is 16.5. The maximum atomic E-state index is 11.5. The Bertz CT molecular complexity index is 444. The summed E-state index contributed by atoms with van der Waals surface area (Å²) in [6, 6.07) is 8.39. The number of nitrogens with one attached hydrogen (secondary N) is 1. The number of ether oxygens (including phenoxy) is 1. The largest absolute Gasteiger partial charge is 0.480 e. The average molecular weight is 277 g/mol. The number of carboxylic acids is 1. The maximum Gasteiger partial charge on any atom is 0.328 e. The third-order valence-electron chi connectivity index (χ3n) is 2.60. The Labute approximate surface area is 118 Å². The lowest BCUT2D eigenvalue weighted by Crippen LogP contribution is -2.43. The summed E-state index contributed by atoms with van der Waals surface area (Å²) in [7, 11) is 0. The van der Waals surface area contributed by atoms with Crippen molar-refractivity contribution in [2.45, 2.75) is 25.5 Å². The number of carbonyl (C=O) groups excluding carboxylic acids is 1. The number of hydrogen-bond acceptors (Lipinski definition) is 3. The molecule has 1 amide bonds. The van der Waals surface area contributed by atoms with Crippen LogP contribution in [0.3, 0.4) is 0 Å². The van der Waals surface area contributed by atoms with Crippen molar-refractivity contribution in [1.29, 1.82) is 0 Å². The van der Waals surface area contributed by atoms with Gasteiger partial charge in [0.15, 0.2) is 6.04 Å². The van der Waals surface area contributed by atoms with Crippen molar-refractivity contribution in [2.75, 3.05) is 6.61 Å². The molecule has 0 aliphatic carbocycles. The minimum atomic E-state index is -1.11. The Morgan fingerprint density at radius 1 is 1.35 bits per heavy atom. The van der Waals surface area contributed by atoms with Crippen molar-refractivity contribution >= 4 is 11.9 Å². The van der Waals surface area contributed by atoms with Crippen molar-refractivity contribution < 1.29 is 19.4 Å². The Kier molecular flexibility index (Phi) is 7.06. The number of allylic oxidation sites excluding steroid dienone is 1. The van der Waals surface area contributed by atoms with Crippen LogP contribution in [0.2, 0.25) is 0 Å². The highest BCUT2D eigenvalue weighted by Crippen LogP contribution is 2.01. The van der Waals surface area contributed by atoms with E-state index in [1.54, 1.807) is 6.08 Å². The van der Waals surface area contributed by atoms with E-state index >= 15 is 0 Å². The number of benzene rings is 1. The van der Waals surface area contributed by atoms with Gasteiger partial charge in [0.25, 0.3) is 0 Å². The first-order valence-corrected chi connectivity index (χ1v) is 6.38. The second-order valence-electron chi connectivity index (χ2n) is 4.29. The van der Waals surface area contributed by atoms with Crippen molar-refractivity contribution in [3.05, 3.63) is 48.6 Å². The molecule has 1 aromatic rings. The molecular weight excluding hydrogens is 258 g/mol. The van der Waals surface area contributed by atoms with E-state index in [9.17, 15) is 9.59 Å². The van der Waals surface area contributed by atoms with Gasteiger partial charge >= 0.3 is 5.97 Å². The second kappa shape index (κ2) is 8.87. The summed E-state index contributed by atoms with van der Waals surface area (Å²) in [6.07, 6.45) is 2.36. The van der Waals surface area contributed by atoms with Gasteiger partial charge in [-0.2, -0.15) is 0 Å². The van der Waals surface area contributed by atoms with Gasteiger partial charge in [0.1, 0.15) is 0 Å². The van der Waals surface area contributed by atoms with Gasteiger partial charge in [-0.05, 0) is 12.0 Å². The van der Waals surface area contributed by atoms with Crippen LogP contribution in [0.25, 0.3) is 0 Å². The minimum Gasteiger partial charge on any atom is -0.480 e. The first kappa shape index (κ1) is 15.9. The maximum absolute atomic E-state index is 11.5. The highest BCUT2D eigenvalue weighted by Gasteiger charge is 2.19. The van der Waals surface area contributed by atoms with Crippen molar-refractivity contribution in [3.8, 4) is 0 Å². The molecule has 0 aliphatic heterocycles. The summed E-state index contributed by atoms with van der Waals surface area (Å²) >= 11 is 0. The van der Waals surface area contributed by atoms with Gasteiger partial charge in [-0.1, -0.05) is 36.4 Å². The standard InChI is InChI=1S/C15H19NO4/c1-2-3-9-14(17)16-13(15(18)19)11-20-10-12-7-5-4-6-8-12/h2,4-8,13H,1,3,9-11H2,(H,16,17)(H,18,19)/t13-/m0/s1. The van der Waals surface area contributed by atoms with Crippen molar-refractivity contribution in [3.63, 3.8) is 0 Å². The summed E-state index contributed by atoms with van der Waals surface area (Å²) in [4.78, 5) is 22.5. The molecule has 2 N–H and O–H groups in total. The van der Waals surface area contributed by atoms with Crippen LogP contribution in [-0.4, -0.2) is 29.6 Å². The molecule has 0 unspecified atom stereocenters. The third-order valence-corrected chi connectivity index (χ3v) is 2.60. The smallest absolute Gasteiger partial charge is 0.328 e. The van der Waals surface area contributed by atoms with Crippen LogP contribution >= 0.6 is 0 Å². The molecule has 108 valence electrons. The van der Waals surface area contributed by atoms with Crippen LogP contribution in [0.5, 0.6) is 0 Å². The summed E-state index contributed by atoms with van der Waals surface area (Å²) < 4.78 is 5.33. The van der Waals surface area contributed by atoms with E-state index in [2.05, 4.69) is 11.9 Å². The Balaban J connectivity index is 2.37. The molecule has 0 saturated heterocycles. The molecule has 0 fully saturated rings. The summed E-state index contributed by atoms with van der Waals surface area (Å²) in [5, 5.41) is 11.5. The zero-order valence-corrected chi connectivity index (χ0v) is 11.2. The Morgan fingerprint density at radius 3 is 2.65 bits per heavy atom. The molecule has 0 aliphatic rings. The van der Waals surface area contributed by atoms with E-state index in [0.717, 1.165) is 5.56 Å². The number of hydrogen-bond donors (Lipinski definition) is 2. The van der Waals surface area contributed by atoms with Gasteiger partial charge < -0.3 is 15.2 Å². The van der Waals surface area contributed by atoms with Crippen molar-refractivity contribution in [2.24, 2.45) is 0 Å². The average Bonchev–Trinajstić information content (AvgIpc) is 2.45. The van der Waals surface area contributed by atoms with Gasteiger partial charge in [0, 0.05) is 6.42 Å². The number of amides is 1. The summed E-state index contributed by atoms with van der Waals surface area (Å²) in [6.45, 7) is 3.76. The third kappa shape index (κ3) is 6.15. The van der Waals surface area contributed by atoms with E-state index in [-0.39, 0.29) is 18.9 Å². The second-order valence-corrected chi connectivity index (χ2v) is 4.29. The molecule has 0 aromatic heterocycles. The molecule has 0 saturated carbocycles. The number of aliphatic carboxylic acids is 1. The molecule has 5 heteroatoms. The number of rotatable bonds is 9. The zero-order chi connectivity index (χ0) is 14.8. The number of carbonyl (C=O) groups is 2. The fraction of sp³-hybridized carbons (Fsp3) is 0.333. The highest BCUT2D eigenvalue weighted by molar-refractivity contribution is 5.83. The SMILES string of the molecule is C=CCCC(=O)N[C@@H](COCc1ccccc1)C(=O)O. The molecule has 0 spiro atoms. The fourth-order valence-electron chi connectivity index (χ4n) is 1.54.